The smallest absolute Gasteiger partial charge is 0.182 e. The zero-order valence-electron chi connectivity index (χ0n) is 15.8. The van der Waals surface area contributed by atoms with Gasteiger partial charge < -0.3 is 14.4 Å². The van der Waals surface area contributed by atoms with Crippen LogP contribution in [-0.2, 0) is 13.5 Å². The molecule has 2 fully saturated rings. The minimum absolute atomic E-state index is 0.579. The quantitative estimate of drug-likeness (QED) is 0.700. The van der Waals surface area contributed by atoms with Crippen LogP contribution in [0.15, 0.2) is 18.7 Å². The molecule has 0 unspecified atom stereocenters. The average Bonchev–Trinajstić information content (AvgIpc) is 3.51. The van der Waals surface area contributed by atoms with Crippen molar-refractivity contribution < 1.29 is 0 Å². The van der Waals surface area contributed by atoms with E-state index in [0.717, 1.165) is 66.9 Å². The van der Waals surface area contributed by atoms with Crippen molar-refractivity contribution >= 4 is 22.8 Å². The molecule has 1 saturated carbocycles. The SMILES string of the molecule is CCc1cc(N2CCN(c3ncnc4ncn(C)c34)CC2)nc(C2CC2)n1. The van der Waals surface area contributed by atoms with Crippen molar-refractivity contribution in [3.05, 3.63) is 30.2 Å². The van der Waals surface area contributed by atoms with E-state index in [4.69, 9.17) is 9.97 Å². The molecule has 3 aromatic rings. The predicted molar refractivity (Wildman–Crippen MR) is 104 cm³/mol. The minimum Gasteiger partial charge on any atom is -0.353 e. The maximum absolute atomic E-state index is 4.88. The molecule has 3 aromatic heterocycles. The molecule has 27 heavy (non-hydrogen) atoms. The first-order chi connectivity index (χ1) is 13.2. The van der Waals surface area contributed by atoms with Crippen LogP contribution >= 0.6 is 0 Å². The largest absolute Gasteiger partial charge is 0.353 e. The summed E-state index contributed by atoms with van der Waals surface area (Å²) < 4.78 is 2.00. The molecule has 1 aliphatic heterocycles. The maximum Gasteiger partial charge on any atom is 0.182 e. The van der Waals surface area contributed by atoms with Crippen LogP contribution in [0, 0.1) is 0 Å². The van der Waals surface area contributed by atoms with Crippen LogP contribution in [0.5, 0.6) is 0 Å². The topological polar surface area (TPSA) is 75.9 Å². The van der Waals surface area contributed by atoms with E-state index in [1.165, 1.54) is 12.8 Å². The average molecular weight is 364 g/mol. The van der Waals surface area contributed by atoms with Crippen LogP contribution in [-0.4, -0.2) is 55.7 Å². The third kappa shape index (κ3) is 2.98. The lowest BCUT2D eigenvalue weighted by molar-refractivity contribution is 0.638. The van der Waals surface area contributed by atoms with Gasteiger partial charge >= 0.3 is 0 Å². The second-order valence-electron chi connectivity index (χ2n) is 7.40. The molecular formula is C19H24N8. The van der Waals surface area contributed by atoms with E-state index in [0.29, 0.717) is 5.92 Å². The van der Waals surface area contributed by atoms with Crippen molar-refractivity contribution in [3.63, 3.8) is 0 Å². The van der Waals surface area contributed by atoms with Crippen molar-refractivity contribution in [3.8, 4) is 0 Å². The second-order valence-corrected chi connectivity index (χ2v) is 7.40. The fraction of sp³-hybridized carbons (Fsp3) is 0.526. The standard InChI is InChI=1S/C19H24N8/c1-3-14-10-15(24-17(23-14)13-4-5-13)26-6-8-27(9-7-26)19-16-18(20-11-21-19)22-12-25(16)2/h10-13H,3-9H2,1-2H3. The molecule has 8 heteroatoms. The number of imidazole rings is 1. The molecule has 0 atom stereocenters. The van der Waals surface area contributed by atoms with Crippen molar-refractivity contribution in [2.45, 2.75) is 32.1 Å². The Morgan fingerprint density at radius 1 is 1.00 bits per heavy atom. The van der Waals surface area contributed by atoms with Crippen molar-refractivity contribution in [2.75, 3.05) is 36.0 Å². The predicted octanol–water partition coefficient (Wildman–Crippen LogP) is 1.92. The summed E-state index contributed by atoms with van der Waals surface area (Å²) in [6.45, 7) is 5.82. The normalized spacial score (nSPS) is 17.7. The van der Waals surface area contributed by atoms with Crippen LogP contribution in [0.25, 0.3) is 11.2 Å². The summed E-state index contributed by atoms with van der Waals surface area (Å²) in [6.07, 6.45) is 6.82. The second kappa shape index (κ2) is 6.44. The van der Waals surface area contributed by atoms with Crippen molar-refractivity contribution in [2.24, 2.45) is 7.05 Å². The summed E-state index contributed by atoms with van der Waals surface area (Å²) in [4.78, 5) is 27.5. The number of aryl methyl sites for hydroxylation is 2. The van der Waals surface area contributed by atoms with Crippen LogP contribution in [0.1, 0.15) is 37.2 Å². The molecule has 0 spiro atoms. The molecule has 5 rings (SSSR count). The Morgan fingerprint density at radius 3 is 2.52 bits per heavy atom. The summed E-state index contributed by atoms with van der Waals surface area (Å²) in [5.74, 6) is 3.67. The highest BCUT2D eigenvalue weighted by Crippen LogP contribution is 2.38. The minimum atomic E-state index is 0.579. The first-order valence-electron chi connectivity index (χ1n) is 9.72. The van der Waals surface area contributed by atoms with Crippen molar-refractivity contribution in [1.82, 2.24) is 29.5 Å². The Morgan fingerprint density at radius 2 is 1.78 bits per heavy atom. The van der Waals surface area contributed by atoms with Gasteiger partial charge in [0.1, 0.15) is 23.5 Å². The molecule has 0 N–H and O–H groups in total. The maximum atomic E-state index is 4.88. The lowest BCUT2D eigenvalue weighted by Crippen LogP contribution is -2.47. The van der Waals surface area contributed by atoms with Crippen LogP contribution in [0.3, 0.4) is 0 Å². The summed E-state index contributed by atoms with van der Waals surface area (Å²) in [5, 5.41) is 0. The van der Waals surface area contributed by atoms with E-state index in [-0.39, 0.29) is 0 Å². The van der Waals surface area contributed by atoms with E-state index >= 15 is 0 Å². The number of rotatable bonds is 4. The summed E-state index contributed by atoms with van der Waals surface area (Å²) in [5.41, 5.74) is 2.90. The van der Waals surface area contributed by atoms with Gasteiger partial charge in [-0.1, -0.05) is 6.92 Å². The number of aromatic nitrogens is 6. The molecule has 0 aromatic carbocycles. The number of fused-ring (bicyclic) bond motifs is 1. The van der Waals surface area contributed by atoms with Crippen molar-refractivity contribution in [1.29, 1.82) is 0 Å². The molecule has 0 amide bonds. The molecule has 4 heterocycles. The first kappa shape index (κ1) is 16.4. The number of nitrogens with zero attached hydrogens (tertiary/aromatic N) is 8. The molecule has 140 valence electrons. The monoisotopic (exact) mass is 364 g/mol. The van der Waals surface area contributed by atoms with Gasteiger partial charge in [0.15, 0.2) is 11.5 Å². The van der Waals surface area contributed by atoms with Gasteiger partial charge in [0.05, 0.1) is 6.33 Å². The molecule has 0 radical (unpaired) electrons. The molecule has 2 aliphatic rings. The zero-order valence-corrected chi connectivity index (χ0v) is 15.8. The lowest BCUT2D eigenvalue weighted by Gasteiger charge is -2.36. The highest BCUT2D eigenvalue weighted by molar-refractivity contribution is 5.83. The van der Waals surface area contributed by atoms with E-state index in [1.54, 1.807) is 12.7 Å². The van der Waals surface area contributed by atoms with E-state index < -0.39 is 0 Å². The molecule has 8 nitrogen and oxygen atoms in total. The van der Waals surface area contributed by atoms with Gasteiger partial charge in [-0.15, -0.1) is 0 Å². The van der Waals surface area contributed by atoms with Crippen LogP contribution in [0.4, 0.5) is 11.6 Å². The van der Waals surface area contributed by atoms with Gasteiger partial charge in [0, 0.05) is 50.9 Å². The van der Waals surface area contributed by atoms with Gasteiger partial charge in [-0.25, -0.2) is 24.9 Å². The van der Waals surface area contributed by atoms with Gasteiger partial charge in [-0.2, -0.15) is 0 Å². The number of hydrogen-bond donors (Lipinski definition) is 0. The Balaban J connectivity index is 1.37. The van der Waals surface area contributed by atoms with Gasteiger partial charge in [0.2, 0.25) is 0 Å². The molecular weight excluding hydrogens is 340 g/mol. The van der Waals surface area contributed by atoms with Gasteiger partial charge in [0.25, 0.3) is 0 Å². The number of hydrogen-bond acceptors (Lipinski definition) is 7. The van der Waals surface area contributed by atoms with E-state index in [2.05, 4.69) is 37.7 Å². The van der Waals surface area contributed by atoms with Gasteiger partial charge in [-0.3, -0.25) is 0 Å². The summed E-state index contributed by atoms with van der Waals surface area (Å²) >= 11 is 0. The Labute approximate surface area is 158 Å². The third-order valence-electron chi connectivity index (χ3n) is 5.48. The van der Waals surface area contributed by atoms with Gasteiger partial charge in [-0.05, 0) is 19.3 Å². The molecule has 1 aliphatic carbocycles. The first-order valence-corrected chi connectivity index (χ1v) is 9.72. The fourth-order valence-electron chi connectivity index (χ4n) is 3.72. The lowest BCUT2D eigenvalue weighted by atomic mass is 10.2. The Bertz CT molecular complexity index is 969. The summed E-state index contributed by atoms with van der Waals surface area (Å²) in [6, 6.07) is 2.16. The number of anilines is 2. The molecule has 1 saturated heterocycles. The van der Waals surface area contributed by atoms with Crippen LogP contribution in [0.2, 0.25) is 0 Å². The third-order valence-corrected chi connectivity index (χ3v) is 5.48. The van der Waals surface area contributed by atoms with Crippen LogP contribution < -0.4 is 9.80 Å². The highest BCUT2D eigenvalue weighted by Gasteiger charge is 2.29. The summed E-state index contributed by atoms with van der Waals surface area (Å²) in [7, 11) is 1.99. The highest BCUT2D eigenvalue weighted by atomic mass is 15.3. The molecule has 0 bridgehead atoms. The Kier molecular flexibility index (Phi) is 3.91. The fourth-order valence-corrected chi connectivity index (χ4v) is 3.72. The van der Waals surface area contributed by atoms with E-state index in [9.17, 15) is 0 Å². The Hall–Kier alpha value is -2.77. The number of piperazine rings is 1. The zero-order chi connectivity index (χ0) is 18.4. The van der Waals surface area contributed by atoms with E-state index in [1.807, 2.05) is 11.6 Å².